The summed E-state index contributed by atoms with van der Waals surface area (Å²) in [7, 11) is 4.64. The minimum atomic E-state index is -0.590. The number of aromatic nitrogens is 6. The van der Waals surface area contributed by atoms with Gasteiger partial charge >= 0.3 is 17.1 Å². The van der Waals surface area contributed by atoms with E-state index in [0.717, 1.165) is 10.6 Å². The molecule has 0 aliphatic rings. The summed E-state index contributed by atoms with van der Waals surface area (Å²) in [6.45, 7) is 0.389. The molecule has 14 nitrogen and oxygen atoms in total. The van der Waals surface area contributed by atoms with Crippen molar-refractivity contribution in [1.29, 1.82) is 0 Å². The molecule has 0 fully saturated rings. The molecule has 3 N–H and O–H groups in total. The van der Waals surface area contributed by atoms with Gasteiger partial charge in [0.1, 0.15) is 21.6 Å². The van der Waals surface area contributed by atoms with Gasteiger partial charge in [-0.05, 0) is 0 Å². The smallest absolute Gasteiger partial charge is 0.335 e. The maximum absolute atomic E-state index is 11.3. The summed E-state index contributed by atoms with van der Waals surface area (Å²) < 4.78 is 12.9. The van der Waals surface area contributed by atoms with Crippen molar-refractivity contribution in [1.82, 2.24) is 28.3 Å². The number of fused-ring (bicyclic) bond motifs is 2. The summed E-state index contributed by atoms with van der Waals surface area (Å²) in [5.41, 5.74) is -2.37. The number of methoxy groups -OCH3 is 2. The van der Waals surface area contributed by atoms with Crippen LogP contribution in [0.4, 0.5) is 0 Å². The third-order valence-electron chi connectivity index (χ3n) is 4.01. The number of nitrogens with one attached hydrogen (secondary N) is 3. The van der Waals surface area contributed by atoms with Crippen molar-refractivity contribution in [2.24, 2.45) is 7.05 Å². The van der Waals surface area contributed by atoms with E-state index in [1.54, 1.807) is 37.4 Å². The molecule has 0 atom stereocenters. The highest BCUT2D eigenvalue weighted by Gasteiger charge is 2.01. The molecule has 0 radical (unpaired) electrons. The van der Waals surface area contributed by atoms with Crippen molar-refractivity contribution in [2.45, 2.75) is 0 Å². The molecule has 0 aromatic carbocycles. The Morgan fingerprint density at radius 3 is 1.92 bits per heavy atom. The van der Waals surface area contributed by atoms with Crippen molar-refractivity contribution in [3.8, 4) is 0 Å². The second kappa shape index (κ2) is 14.0. The molecule has 0 aliphatic carbocycles. The van der Waals surface area contributed by atoms with Crippen LogP contribution in [0.1, 0.15) is 0 Å². The molecule has 0 saturated heterocycles. The Bertz CT molecular complexity index is 1780. The Morgan fingerprint density at radius 2 is 1.38 bits per heavy atom. The lowest BCUT2D eigenvalue weighted by Gasteiger charge is -1.95. The Morgan fingerprint density at radius 1 is 0.811 bits per heavy atom. The molecule has 0 bridgehead atoms. The standard InChI is InChI=1S/C7H6N2O2S.C6H4N2O2S.C4H3ClN2O2.C3H8O2/c1-8-5(10)4-6-9(7(8)11)2-3-12-6;9-4-3-5-8(1-2-11-5)6(10)7-4;5-2-1-3(8)7-4(9)6-2;1-4-3-5-2/h2-4H,1H3;1-3H,(H,7,9,10);1H,(H2,6,7,8,9);3H2,1-2H3. The number of aromatic amines is 3. The fourth-order valence-electron chi connectivity index (χ4n) is 2.44. The minimum absolute atomic E-state index is 0.0451. The Kier molecular flexibility index (Phi) is 11.2. The van der Waals surface area contributed by atoms with Gasteiger partial charge in [0.25, 0.3) is 16.7 Å². The predicted octanol–water partition coefficient (Wildman–Crippen LogP) is 0.0623. The number of ether oxygens (including phenoxy) is 2. The Hall–Kier alpha value is -3.83. The number of hydrogen-bond donors (Lipinski definition) is 3. The first-order valence-electron chi connectivity index (χ1n) is 9.89. The second-order valence-corrected chi connectivity index (χ2v) is 8.88. The summed E-state index contributed by atoms with van der Waals surface area (Å²) in [5.74, 6) is 0. The van der Waals surface area contributed by atoms with Crippen LogP contribution < -0.4 is 33.7 Å². The number of thiazole rings is 2. The van der Waals surface area contributed by atoms with Crippen LogP contribution in [-0.4, -0.2) is 49.3 Å². The Labute approximate surface area is 218 Å². The molecule has 0 amide bonds. The Balaban J connectivity index is 0.000000181. The number of halogens is 1. The fraction of sp³-hybridized carbons (Fsp3) is 0.200. The van der Waals surface area contributed by atoms with Gasteiger partial charge in [0.2, 0.25) is 0 Å². The molecule has 0 unspecified atom stereocenters. The van der Waals surface area contributed by atoms with E-state index in [2.05, 4.69) is 19.4 Å². The number of rotatable bonds is 2. The lowest BCUT2D eigenvalue weighted by Crippen LogP contribution is -2.33. The van der Waals surface area contributed by atoms with Crippen molar-refractivity contribution >= 4 is 43.9 Å². The van der Waals surface area contributed by atoms with Gasteiger partial charge in [0, 0.05) is 62.6 Å². The van der Waals surface area contributed by atoms with Crippen LogP contribution in [0.25, 0.3) is 9.66 Å². The van der Waals surface area contributed by atoms with Gasteiger partial charge < -0.3 is 9.47 Å². The van der Waals surface area contributed by atoms with E-state index >= 15 is 0 Å². The maximum Gasteiger partial charge on any atom is 0.335 e. The van der Waals surface area contributed by atoms with Crippen molar-refractivity contribution in [3.63, 3.8) is 0 Å². The molecule has 37 heavy (non-hydrogen) atoms. The third-order valence-corrected chi connectivity index (χ3v) is 5.84. The van der Waals surface area contributed by atoms with Crippen LogP contribution in [-0.2, 0) is 16.5 Å². The summed E-state index contributed by atoms with van der Waals surface area (Å²) in [4.78, 5) is 72.5. The van der Waals surface area contributed by atoms with E-state index in [1.165, 1.54) is 50.7 Å². The van der Waals surface area contributed by atoms with E-state index in [4.69, 9.17) is 11.6 Å². The molecule has 5 heterocycles. The molecular formula is C20H21ClN6O8S2. The van der Waals surface area contributed by atoms with Gasteiger partial charge in [-0.25, -0.2) is 14.4 Å². The van der Waals surface area contributed by atoms with Gasteiger partial charge in [-0.3, -0.25) is 42.7 Å². The average molecular weight is 573 g/mol. The van der Waals surface area contributed by atoms with Gasteiger partial charge in [0.15, 0.2) is 0 Å². The number of H-pyrrole nitrogens is 3. The average Bonchev–Trinajstić information content (AvgIpc) is 3.48. The fourth-order valence-corrected chi connectivity index (χ4v) is 4.13. The highest BCUT2D eigenvalue weighted by molar-refractivity contribution is 7.15. The van der Waals surface area contributed by atoms with E-state index in [-0.39, 0.29) is 27.7 Å². The zero-order chi connectivity index (χ0) is 27.5. The molecular weight excluding hydrogens is 552 g/mol. The number of hydrogen-bond acceptors (Lipinski definition) is 10. The molecule has 0 spiro atoms. The molecule has 5 aromatic rings. The van der Waals surface area contributed by atoms with E-state index in [1.807, 2.05) is 4.98 Å². The first-order chi connectivity index (χ1) is 17.6. The van der Waals surface area contributed by atoms with Crippen molar-refractivity contribution in [2.75, 3.05) is 21.0 Å². The van der Waals surface area contributed by atoms with E-state index in [0.29, 0.717) is 16.5 Å². The second-order valence-electron chi connectivity index (χ2n) is 6.62. The van der Waals surface area contributed by atoms with Crippen molar-refractivity contribution < 1.29 is 9.47 Å². The molecule has 0 saturated carbocycles. The normalized spacial score (nSPS) is 10.1. The number of nitrogens with zero attached hydrogens (tertiary/aromatic N) is 3. The van der Waals surface area contributed by atoms with Gasteiger partial charge in [-0.2, -0.15) is 0 Å². The minimum Gasteiger partial charge on any atom is -0.359 e. The molecule has 0 aliphatic heterocycles. The largest absolute Gasteiger partial charge is 0.359 e. The lowest BCUT2D eigenvalue weighted by atomic mass is 10.6. The van der Waals surface area contributed by atoms with Crippen LogP contribution in [0, 0.1) is 0 Å². The van der Waals surface area contributed by atoms with Gasteiger partial charge in [-0.15, -0.1) is 22.7 Å². The molecule has 17 heteroatoms. The van der Waals surface area contributed by atoms with E-state index < -0.39 is 11.2 Å². The molecule has 198 valence electrons. The highest BCUT2D eigenvalue weighted by Crippen LogP contribution is 2.05. The van der Waals surface area contributed by atoms with E-state index in [9.17, 15) is 28.8 Å². The summed E-state index contributed by atoms with van der Waals surface area (Å²) >= 11 is 8.01. The first-order valence-corrected chi connectivity index (χ1v) is 12.0. The first kappa shape index (κ1) is 29.4. The summed E-state index contributed by atoms with van der Waals surface area (Å²) in [6.07, 6.45) is 3.28. The summed E-state index contributed by atoms with van der Waals surface area (Å²) in [5, 5.41) is 3.57. The van der Waals surface area contributed by atoms with Crippen LogP contribution in [0.3, 0.4) is 0 Å². The highest BCUT2D eigenvalue weighted by atomic mass is 35.5. The SMILES string of the molecule is COCOC.Cn1c(=O)cc2sccn2c1=O.O=c1cc(Cl)[nH]c(=O)[nH]1.O=c1cc2sccn2c(=O)[nH]1. The topological polar surface area (TPSA) is 182 Å². The lowest BCUT2D eigenvalue weighted by molar-refractivity contribution is -0.00272. The van der Waals surface area contributed by atoms with Crippen LogP contribution in [0.5, 0.6) is 0 Å². The third kappa shape index (κ3) is 8.65. The predicted molar refractivity (Wildman–Crippen MR) is 141 cm³/mol. The monoisotopic (exact) mass is 572 g/mol. The van der Waals surface area contributed by atoms with Gasteiger partial charge in [-0.1, -0.05) is 11.6 Å². The van der Waals surface area contributed by atoms with Gasteiger partial charge in [0.05, 0.1) is 0 Å². The van der Waals surface area contributed by atoms with Crippen LogP contribution in [0.2, 0.25) is 5.15 Å². The van der Waals surface area contributed by atoms with Crippen LogP contribution in [0.15, 0.2) is 70.1 Å². The quantitative estimate of drug-likeness (QED) is 0.196. The molecule has 5 rings (SSSR count). The van der Waals surface area contributed by atoms with Crippen molar-refractivity contribution in [3.05, 3.63) is 109 Å². The maximum atomic E-state index is 11.3. The zero-order valence-corrected chi connectivity index (χ0v) is 21.9. The molecule has 5 aromatic heterocycles. The summed E-state index contributed by atoms with van der Waals surface area (Å²) in [6, 6.07) is 3.93. The zero-order valence-electron chi connectivity index (χ0n) is 19.6. The van der Waals surface area contributed by atoms with Crippen LogP contribution >= 0.6 is 34.3 Å².